The predicted molar refractivity (Wildman–Crippen MR) is 214 cm³/mol. The molecule has 3 N–H and O–H groups in total. The highest BCUT2D eigenvalue weighted by Crippen LogP contribution is 2.39. The van der Waals surface area contributed by atoms with Gasteiger partial charge in [0.25, 0.3) is 0 Å². The van der Waals surface area contributed by atoms with Crippen LogP contribution in [0.1, 0.15) is 74.9 Å². The van der Waals surface area contributed by atoms with Crippen molar-refractivity contribution in [2.24, 2.45) is 0 Å². The number of aliphatic hydroxyl groups is 2. The minimum Gasteiger partial charge on any atom is -0.481 e. The van der Waals surface area contributed by atoms with Crippen LogP contribution in [-0.2, 0) is 16.1 Å². The third-order valence-corrected chi connectivity index (χ3v) is 9.69. The van der Waals surface area contributed by atoms with Crippen molar-refractivity contribution in [3.05, 3.63) is 131 Å². The van der Waals surface area contributed by atoms with Crippen LogP contribution in [0.2, 0.25) is 0 Å². The highest BCUT2D eigenvalue weighted by atomic mass is 19.1. The zero-order chi connectivity index (χ0) is 37.8. The van der Waals surface area contributed by atoms with E-state index < -0.39 is 24.6 Å². The molecular formula is C46H46FNO5. The largest absolute Gasteiger partial charge is 0.481 e. The maximum Gasteiger partial charge on any atom is 0.305 e. The SMILES string of the molecule is COCc1c(C(C)C)nc(C(C)C)c(/C=C/[C@@H](O)C[C@@H](O)CC(=O)O)c1-c1ccc(F)cc1.c1ccc2c(c1)cc1ccc3cccc4ccc2c1c34. The number of nitrogens with zero attached hydrogens (tertiary/aromatic N) is 1. The van der Waals surface area contributed by atoms with Crippen molar-refractivity contribution in [1.82, 2.24) is 4.98 Å². The second-order valence-electron chi connectivity index (χ2n) is 14.3. The number of aliphatic carboxylic acids is 1. The lowest BCUT2D eigenvalue weighted by molar-refractivity contribution is -0.139. The van der Waals surface area contributed by atoms with Crippen LogP contribution in [0.15, 0.2) is 103 Å². The van der Waals surface area contributed by atoms with E-state index in [9.17, 15) is 19.4 Å². The molecule has 0 amide bonds. The quantitative estimate of drug-likeness (QED) is 0.0912. The molecular weight excluding hydrogens is 666 g/mol. The molecule has 7 heteroatoms. The van der Waals surface area contributed by atoms with Gasteiger partial charge in [0.2, 0.25) is 0 Å². The molecule has 272 valence electrons. The minimum atomic E-state index is -1.16. The van der Waals surface area contributed by atoms with Gasteiger partial charge in [-0.05, 0) is 84.3 Å². The summed E-state index contributed by atoms with van der Waals surface area (Å²) in [5.41, 5.74) is 5.05. The summed E-state index contributed by atoms with van der Waals surface area (Å²) in [6, 6.07) is 32.7. The topological polar surface area (TPSA) is 99.9 Å². The Balaban J connectivity index is 0.000000201. The molecule has 0 aliphatic rings. The number of methoxy groups -OCH3 is 1. The molecule has 0 bridgehead atoms. The van der Waals surface area contributed by atoms with Crippen molar-refractivity contribution in [2.45, 2.75) is 71.2 Å². The van der Waals surface area contributed by atoms with Crippen LogP contribution in [-0.4, -0.2) is 45.6 Å². The normalized spacial score (nSPS) is 13.1. The fraction of sp³-hybridized carbons (Fsp3) is 0.261. The van der Waals surface area contributed by atoms with Crippen molar-refractivity contribution in [3.63, 3.8) is 0 Å². The summed E-state index contributed by atoms with van der Waals surface area (Å²) in [4.78, 5) is 15.8. The summed E-state index contributed by atoms with van der Waals surface area (Å²) in [6.07, 6.45) is 0.541. The molecule has 1 aromatic heterocycles. The summed E-state index contributed by atoms with van der Waals surface area (Å²) in [5, 5.41) is 39.9. The van der Waals surface area contributed by atoms with Gasteiger partial charge in [0, 0.05) is 30.4 Å². The Morgan fingerprint density at radius 3 is 2.08 bits per heavy atom. The fourth-order valence-corrected chi connectivity index (χ4v) is 7.34. The Morgan fingerprint density at radius 2 is 1.42 bits per heavy atom. The number of hydrogen-bond acceptors (Lipinski definition) is 5. The standard InChI is InChI=1S/C26H34FNO5.C20H12/c1-15(2)25-21(11-10-19(29)12-20(30)13-23(31)32)24(17-6-8-18(27)9-7-17)22(14-33-5)26(28-25)16(3)4;1-2-7-17-15(4-1)12-16-9-8-13-5-3-6-14-10-11-18(17)20(16)19(13)14/h6-11,15-16,19-20,29-30H,12-14H2,1-5H3,(H,31,32);1-12H/b11-10+;/t19-,20-;/m1./s1. The van der Waals surface area contributed by atoms with Crippen molar-refractivity contribution in [1.29, 1.82) is 0 Å². The molecule has 7 aromatic rings. The van der Waals surface area contributed by atoms with E-state index in [4.69, 9.17) is 14.8 Å². The number of aliphatic hydroxyl groups excluding tert-OH is 2. The van der Waals surface area contributed by atoms with Crippen LogP contribution in [0.5, 0.6) is 0 Å². The molecule has 0 spiro atoms. The second kappa shape index (κ2) is 16.2. The molecule has 0 unspecified atom stereocenters. The van der Waals surface area contributed by atoms with Crippen molar-refractivity contribution >= 4 is 55.1 Å². The minimum absolute atomic E-state index is 0.0627. The van der Waals surface area contributed by atoms with E-state index >= 15 is 0 Å². The van der Waals surface area contributed by atoms with Crippen molar-refractivity contribution in [2.75, 3.05) is 7.11 Å². The highest BCUT2D eigenvalue weighted by molar-refractivity contribution is 6.28. The highest BCUT2D eigenvalue weighted by Gasteiger charge is 2.23. The number of benzene rings is 6. The number of hydrogen-bond donors (Lipinski definition) is 3. The van der Waals surface area contributed by atoms with Gasteiger partial charge in [-0.15, -0.1) is 0 Å². The molecule has 0 radical (unpaired) electrons. The maximum absolute atomic E-state index is 13.7. The molecule has 0 aliphatic heterocycles. The van der Waals surface area contributed by atoms with Gasteiger partial charge in [-0.1, -0.05) is 119 Å². The Kier molecular flexibility index (Phi) is 11.5. The first-order chi connectivity index (χ1) is 25.5. The molecule has 7 rings (SSSR count). The summed E-state index contributed by atoms with van der Waals surface area (Å²) in [7, 11) is 1.61. The van der Waals surface area contributed by atoms with E-state index in [1.54, 1.807) is 25.3 Å². The molecule has 0 saturated heterocycles. The van der Waals surface area contributed by atoms with Crippen LogP contribution >= 0.6 is 0 Å². The Bertz CT molecular complexity index is 2380. The third-order valence-electron chi connectivity index (χ3n) is 9.69. The Labute approximate surface area is 309 Å². The number of carbonyl (C=O) groups is 1. The number of ether oxygens (including phenoxy) is 1. The van der Waals surface area contributed by atoms with E-state index in [0.29, 0.717) is 6.61 Å². The number of aromatic nitrogens is 1. The predicted octanol–water partition coefficient (Wildman–Crippen LogP) is 10.6. The van der Waals surface area contributed by atoms with Gasteiger partial charge in [0.1, 0.15) is 5.82 Å². The zero-order valence-electron chi connectivity index (χ0n) is 30.8. The average Bonchev–Trinajstić information content (AvgIpc) is 3.13. The molecule has 1 heterocycles. The second-order valence-corrected chi connectivity index (χ2v) is 14.3. The van der Waals surface area contributed by atoms with Crippen LogP contribution in [0.3, 0.4) is 0 Å². The lowest BCUT2D eigenvalue weighted by atomic mass is 9.87. The van der Waals surface area contributed by atoms with Gasteiger partial charge in [0.15, 0.2) is 0 Å². The van der Waals surface area contributed by atoms with Gasteiger partial charge in [-0.25, -0.2) is 4.39 Å². The summed E-state index contributed by atoms with van der Waals surface area (Å²) in [5.74, 6) is -1.28. The van der Waals surface area contributed by atoms with Crippen molar-refractivity contribution < 1.29 is 29.2 Å². The van der Waals surface area contributed by atoms with Gasteiger partial charge in [0.05, 0.1) is 30.9 Å². The van der Waals surface area contributed by atoms with Crippen LogP contribution < -0.4 is 0 Å². The summed E-state index contributed by atoms with van der Waals surface area (Å²) < 4.78 is 19.2. The molecule has 6 aromatic carbocycles. The number of carboxylic acids is 1. The first kappa shape index (κ1) is 37.5. The zero-order valence-corrected chi connectivity index (χ0v) is 30.8. The number of halogens is 1. The van der Waals surface area contributed by atoms with Gasteiger partial charge in [-0.2, -0.15) is 0 Å². The molecule has 0 fully saturated rings. The monoisotopic (exact) mass is 711 g/mol. The molecule has 0 aliphatic carbocycles. The van der Waals surface area contributed by atoms with Gasteiger partial charge < -0.3 is 20.1 Å². The molecule has 53 heavy (non-hydrogen) atoms. The van der Waals surface area contributed by atoms with E-state index in [0.717, 1.165) is 33.6 Å². The lowest BCUT2D eigenvalue weighted by Crippen LogP contribution is -2.19. The van der Waals surface area contributed by atoms with Crippen molar-refractivity contribution in [3.8, 4) is 11.1 Å². The maximum atomic E-state index is 13.7. The fourth-order valence-electron chi connectivity index (χ4n) is 7.34. The first-order valence-corrected chi connectivity index (χ1v) is 18.1. The van der Waals surface area contributed by atoms with E-state index in [2.05, 4.69) is 86.6 Å². The van der Waals surface area contributed by atoms with E-state index in [1.807, 2.05) is 13.8 Å². The van der Waals surface area contributed by atoms with Crippen LogP contribution in [0.25, 0.3) is 60.3 Å². The average molecular weight is 712 g/mol. The molecule has 6 nitrogen and oxygen atoms in total. The number of fused-ring (bicyclic) bond motifs is 2. The summed E-state index contributed by atoms with van der Waals surface area (Å²) in [6.45, 7) is 8.49. The number of carboxylic acid groups (broad SMARTS) is 1. The Morgan fingerprint density at radius 1 is 0.774 bits per heavy atom. The number of pyridine rings is 1. The van der Waals surface area contributed by atoms with E-state index in [1.165, 1.54) is 61.3 Å². The summed E-state index contributed by atoms with van der Waals surface area (Å²) >= 11 is 0. The smallest absolute Gasteiger partial charge is 0.305 e. The van der Waals surface area contributed by atoms with Gasteiger partial charge in [-0.3, -0.25) is 9.78 Å². The van der Waals surface area contributed by atoms with Crippen LogP contribution in [0.4, 0.5) is 4.39 Å². The van der Waals surface area contributed by atoms with Crippen LogP contribution in [0, 0.1) is 5.82 Å². The number of rotatable bonds is 11. The third kappa shape index (κ3) is 8.08. The first-order valence-electron chi connectivity index (χ1n) is 18.1. The Hall–Kier alpha value is -5.21. The van der Waals surface area contributed by atoms with E-state index in [-0.39, 0.29) is 24.1 Å². The van der Waals surface area contributed by atoms with Gasteiger partial charge >= 0.3 is 5.97 Å². The molecule has 2 atom stereocenters. The lowest BCUT2D eigenvalue weighted by Gasteiger charge is -2.23. The molecule has 0 saturated carbocycles.